The van der Waals surface area contributed by atoms with Crippen LogP contribution in [0.5, 0.6) is 0 Å². The van der Waals surface area contributed by atoms with Crippen LogP contribution in [0, 0.1) is 5.82 Å². The number of hydrogen-bond donors (Lipinski definition) is 0. The fraction of sp³-hybridized carbons (Fsp3) is 0.400. The minimum absolute atomic E-state index is 0.0520. The molecule has 0 bridgehead atoms. The van der Waals surface area contributed by atoms with Gasteiger partial charge in [-0.05, 0) is 26.1 Å². The Labute approximate surface area is 113 Å². The molecule has 0 aromatic heterocycles. The number of likely N-dealkylation sites (N-methyl/N-ethyl adjacent to an activating group) is 1. The molecule has 0 spiro atoms. The van der Waals surface area contributed by atoms with E-state index in [1.807, 2.05) is 18.9 Å². The van der Waals surface area contributed by atoms with E-state index >= 15 is 0 Å². The maximum Gasteiger partial charge on any atom is 0.246 e. The third-order valence-electron chi connectivity index (χ3n) is 3.42. The van der Waals surface area contributed by atoms with Gasteiger partial charge in [-0.15, -0.1) is 0 Å². The molecule has 0 N–H and O–H groups in total. The Hall–Kier alpha value is -1.68. The fourth-order valence-electron chi connectivity index (χ4n) is 2.33. The number of amides is 1. The monoisotopic (exact) mass is 262 g/mol. The molecule has 1 saturated heterocycles. The number of carbonyl (C=O) groups excluding carboxylic acids is 1. The van der Waals surface area contributed by atoms with Gasteiger partial charge in [0, 0.05) is 37.3 Å². The average Bonchev–Trinajstić information content (AvgIpc) is 2.37. The molecule has 102 valence electrons. The number of piperazine rings is 1. The first-order valence-corrected chi connectivity index (χ1v) is 6.49. The van der Waals surface area contributed by atoms with Gasteiger partial charge in [0.15, 0.2) is 0 Å². The lowest BCUT2D eigenvalue weighted by Gasteiger charge is -2.37. The van der Waals surface area contributed by atoms with E-state index in [0.29, 0.717) is 5.56 Å². The highest BCUT2D eigenvalue weighted by molar-refractivity contribution is 5.92. The van der Waals surface area contributed by atoms with E-state index in [9.17, 15) is 9.18 Å². The summed E-state index contributed by atoms with van der Waals surface area (Å²) < 4.78 is 13.4. The summed E-state index contributed by atoms with van der Waals surface area (Å²) in [7, 11) is 2.05. The van der Waals surface area contributed by atoms with Crippen molar-refractivity contribution in [1.82, 2.24) is 9.80 Å². The zero-order chi connectivity index (χ0) is 13.8. The van der Waals surface area contributed by atoms with Crippen LogP contribution in [0.4, 0.5) is 4.39 Å². The first kappa shape index (κ1) is 13.7. The van der Waals surface area contributed by atoms with E-state index in [0.717, 1.165) is 19.6 Å². The molecule has 19 heavy (non-hydrogen) atoms. The second-order valence-electron chi connectivity index (χ2n) is 5.00. The van der Waals surface area contributed by atoms with Crippen LogP contribution in [0.15, 0.2) is 30.3 Å². The maximum absolute atomic E-state index is 13.4. The average molecular weight is 262 g/mol. The predicted octanol–water partition coefficient (Wildman–Crippen LogP) is 2.00. The Morgan fingerprint density at radius 2 is 2.11 bits per heavy atom. The van der Waals surface area contributed by atoms with Crippen LogP contribution in [0.25, 0.3) is 6.08 Å². The molecule has 1 atom stereocenters. The van der Waals surface area contributed by atoms with Gasteiger partial charge in [0.1, 0.15) is 5.82 Å². The summed E-state index contributed by atoms with van der Waals surface area (Å²) in [5.41, 5.74) is 0.442. The normalized spacial score (nSPS) is 21.0. The van der Waals surface area contributed by atoms with Crippen molar-refractivity contribution in [3.63, 3.8) is 0 Å². The molecule has 1 amide bonds. The van der Waals surface area contributed by atoms with E-state index in [-0.39, 0.29) is 17.8 Å². The molecule has 0 saturated carbocycles. The number of nitrogens with zero attached hydrogens (tertiary/aromatic N) is 2. The summed E-state index contributed by atoms with van der Waals surface area (Å²) in [5, 5.41) is 0. The number of benzene rings is 1. The summed E-state index contributed by atoms with van der Waals surface area (Å²) in [6.45, 7) is 4.51. The Balaban J connectivity index is 2.03. The molecule has 3 nitrogen and oxygen atoms in total. The molecule has 0 aliphatic carbocycles. The Morgan fingerprint density at radius 1 is 1.37 bits per heavy atom. The lowest BCUT2D eigenvalue weighted by atomic mass is 10.1. The Morgan fingerprint density at radius 3 is 2.79 bits per heavy atom. The molecule has 1 unspecified atom stereocenters. The van der Waals surface area contributed by atoms with Gasteiger partial charge in [-0.25, -0.2) is 4.39 Å². The molecule has 4 heteroatoms. The van der Waals surface area contributed by atoms with Gasteiger partial charge in [0.2, 0.25) is 5.91 Å². The van der Waals surface area contributed by atoms with Crippen LogP contribution < -0.4 is 0 Å². The molecule has 0 radical (unpaired) electrons. The fourth-order valence-corrected chi connectivity index (χ4v) is 2.33. The Kier molecular flexibility index (Phi) is 4.32. The third kappa shape index (κ3) is 3.41. The Bertz CT molecular complexity index is 487. The van der Waals surface area contributed by atoms with E-state index in [1.54, 1.807) is 24.3 Å². The molecule has 1 fully saturated rings. The summed E-state index contributed by atoms with van der Waals surface area (Å²) >= 11 is 0. The zero-order valence-electron chi connectivity index (χ0n) is 11.3. The lowest BCUT2D eigenvalue weighted by molar-refractivity contribution is -0.129. The van der Waals surface area contributed by atoms with Crippen LogP contribution in [0.1, 0.15) is 12.5 Å². The third-order valence-corrected chi connectivity index (χ3v) is 3.42. The van der Waals surface area contributed by atoms with Gasteiger partial charge in [-0.3, -0.25) is 4.79 Å². The number of rotatable bonds is 2. The lowest BCUT2D eigenvalue weighted by Crippen LogP contribution is -2.52. The van der Waals surface area contributed by atoms with Gasteiger partial charge in [-0.1, -0.05) is 18.2 Å². The summed E-state index contributed by atoms with van der Waals surface area (Å²) in [6.07, 6.45) is 3.00. The standard InChI is InChI=1S/C15H19FN2O/c1-12-11-17(2)9-10-18(12)15(19)8-7-13-5-3-4-6-14(13)16/h3-8,12H,9-11H2,1-2H3. The van der Waals surface area contributed by atoms with Crippen molar-refractivity contribution in [2.75, 3.05) is 26.7 Å². The molecular weight excluding hydrogens is 243 g/mol. The maximum atomic E-state index is 13.4. The minimum Gasteiger partial charge on any atom is -0.334 e. The topological polar surface area (TPSA) is 23.6 Å². The van der Waals surface area contributed by atoms with Crippen molar-refractivity contribution in [3.8, 4) is 0 Å². The molecule has 1 heterocycles. The van der Waals surface area contributed by atoms with Crippen LogP contribution in [-0.2, 0) is 4.79 Å². The number of carbonyl (C=O) groups is 1. The number of halogens is 1. The molecule has 1 aromatic rings. The van der Waals surface area contributed by atoms with Gasteiger partial charge in [0.25, 0.3) is 0 Å². The molecule has 2 rings (SSSR count). The molecular formula is C15H19FN2O. The SMILES string of the molecule is CC1CN(C)CCN1C(=O)C=Cc1ccccc1F. The highest BCUT2D eigenvalue weighted by Crippen LogP contribution is 2.11. The molecule has 1 aliphatic heterocycles. The van der Waals surface area contributed by atoms with Crippen molar-refractivity contribution < 1.29 is 9.18 Å². The van der Waals surface area contributed by atoms with E-state index in [1.165, 1.54) is 12.1 Å². The van der Waals surface area contributed by atoms with Crippen molar-refractivity contribution in [2.24, 2.45) is 0 Å². The van der Waals surface area contributed by atoms with Gasteiger partial charge in [-0.2, -0.15) is 0 Å². The predicted molar refractivity (Wildman–Crippen MR) is 74.1 cm³/mol. The summed E-state index contributed by atoms with van der Waals surface area (Å²) in [6, 6.07) is 6.63. The highest BCUT2D eigenvalue weighted by Gasteiger charge is 2.23. The molecule has 1 aliphatic rings. The van der Waals surface area contributed by atoms with Crippen LogP contribution in [0.2, 0.25) is 0 Å². The highest BCUT2D eigenvalue weighted by atomic mass is 19.1. The van der Waals surface area contributed by atoms with E-state index in [2.05, 4.69) is 4.90 Å². The first-order chi connectivity index (χ1) is 9.08. The minimum atomic E-state index is -0.307. The van der Waals surface area contributed by atoms with Gasteiger partial charge < -0.3 is 9.80 Å². The van der Waals surface area contributed by atoms with Crippen molar-refractivity contribution in [2.45, 2.75) is 13.0 Å². The van der Waals surface area contributed by atoms with E-state index in [4.69, 9.17) is 0 Å². The van der Waals surface area contributed by atoms with Crippen LogP contribution in [-0.4, -0.2) is 48.4 Å². The largest absolute Gasteiger partial charge is 0.334 e. The summed E-state index contributed by atoms with van der Waals surface area (Å²) in [5.74, 6) is -0.359. The zero-order valence-corrected chi connectivity index (χ0v) is 11.3. The van der Waals surface area contributed by atoms with Gasteiger partial charge in [0.05, 0.1) is 0 Å². The smallest absolute Gasteiger partial charge is 0.246 e. The van der Waals surface area contributed by atoms with Crippen LogP contribution >= 0.6 is 0 Å². The van der Waals surface area contributed by atoms with Gasteiger partial charge >= 0.3 is 0 Å². The quantitative estimate of drug-likeness (QED) is 0.761. The summed E-state index contributed by atoms with van der Waals surface area (Å²) in [4.78, 5) is 16.1. The van der Waals surface area contributed by atoms with Crippen molar-refractivity contribution >= 4 is 12.0 Å². The molecule has 1 aromatic carbocycles. The van der Waals surface area contributed by atoms with Crippen LogP contribution in [0.3, 0.4) is 0 Å². The number of hydrogen-bond acceptors (Lipinski definition) is 2. The second-order valence-corrected chi connectivity index (χ2v) is 5.00. The van der Waals surface area contributed by atoms with E-state index < -0.39 is 0 Å². The van der Waals surface area contributed by atoms with Crippen molar-refractivity contribution in [3.05, 3.63) is 41.7 Å². The first-order valence-electron chi connectivity index (χ1n) is 6.49. The second kappa shape index (κ2) is 5.97. The van der Waals surface area contributed by atoms with Crippen molar-refractivity contribution in [1.29, 1.82) is 0 Å².